The second-order valence-electron chi connectivity index (χ2n) is 5.62. The van der Waals surface area contributed by atoms with Gasteiger partial charge in [-0.2, -0.15) is 0 Å². The number of nitrogens with one attached hydrogen (secondary N) is 1. The predicted octanol–water partition coefficient (Wildman–Crippen LogP) is 4.58. The van der Waals surface area contributed by atoms with Gasteiger partial charge in [-0.3, -0.25) is 4.79 Å². The first-order valence-electron chi connectivity index (χ1n) is 8.26. The summed E-state index contributed by atoms with van der Waals surface area (Å²) in [4.78, 5) is 11.9. The lowest BCUT2D eigenvalue weighted by molar-refractivity contribution is -0.113. The first-order valence-corrected chi connectivity index (χ1v) is 9.24. The number of thioether (sulfide) groups is 1. The number of nitrogens with zero attached hydrogens (tertiary/aromatic N) is 2. The van der Waals surface area contributed by atoms with Gasteiger partial charge in [-0.15, -0.1) is 10.2 Å². The van der Waals surface area contributed by atoms with E-state index in [4.69, 9.17) is 0 Å². The van der Waals surface area contributed by atoms with E-state index >= 15 is 0 Å². The molecular weight excluding hydrogens is 349 g/mol. The van der Waals surface area contributed by atoms with Crippen LogP contribution in [0.3, 0.4) is 0 Å². The van der Waals surface area contributed by atoms with Gasteiger partial charge in [-0.1, -0.05) is 55.1 Å². The van der Waals surface area contributed by atoms with E-state index in [1.807, 2.05) is 24.3 Å². The molecule has 1 heterocycles. The molecule has 3 aromatic rings. The summed E-state index contributed by atoms with van der Waals surface area (Å²) >= 11 is 1.26. The highest BCUT2D eigenvalue weighted by molar-refractivity contribution is 7.99. The van der Waals surface area contributed by atoms with Crippen molar-refractivity contribution in [2.24, 2.45) is 0 Å². The topological polar surface area (TPSA) is 54.9 Å². The molecule has 0 saturated carbocycles. The monoisotopic (exact) mass is 367 g/mol. The van der Waals surface area contributed by atoms with Gasteiger partial charge in [0, 0.05) is 5.56 Å². The zero-order chi connectivity index (χ0) is 18.4. The molecule has 1 aromatic heterocycles. The van der Waals surface area contributed by atoms with E-state index in [1.165, 1.54) is 29.5 Å². The van der Waals surface area contributed by atoms with Crippen molar-refractivity contribution >= 4 is 23.4 Å². The maximum Gasteiger partial charge on any atom is 0.234 e. The largest absolute Gasteiger partial charge is 0.323 e. The van der Waals surface area contributed by atoms with Gasteiger partial charge in [0.1, 0.15) is 10.8 Å². The molecule has 0 aliphatic carbocycles. The SMILES string of the molecule is CCc1ccc(-c2ccc(SCC(=O)Nc3ccccc3F)nn2)cc1. The minimum absolute atomic E-state index is 0.132. The number of carbonyl (C=O) groups is 1. The number of rotatable bonds is 6. The molecule has 0 spiro atoms. The van der Waals surface area contributed by atoms with Crippen LogP contribution < -0.4 is 5.32 Å². The van der Waals surface area contributed by atoms with E-state index in [2.05, 4.69) is 34.6 Å². The molecule has 0 atom stereocenters. The molecule has 0 fully saturated rings. The Bertz CT molecular complexity index is 882. The Labute approximate surface area is 155 Å². The van der Waals surface area contributed by atoms with Crippen molar-refractivity contribution in [2.75, 3.05) is 11.1 Å². The van der Waals surface area contributed by atoms with Gasteiger partial charge in [0.05, 0.1) is 17.1 Å². The van der Waals surface area contributed by atoms with Crippen LogP contribution in [0.4, 0.5) is 10.1 Å². The lowest BCUT2D eigenvalue weighted by Gasteiger charge is -2.06. The molecule has 3 rings (SSSR count). The Morgan fingerprint density at radius 1 is 1.04 bits per heavy atom. The number of hydrogen-bond donors (Lipinski definition) is 1. The fourth-order valence-electron chi connectivity index (χ4n) is 2.35. The minimum atomic E-state index is -0.455. The first-order chi connectivity index (χ1) is 12.7. The summed E-state index contributed by atoms with van der Waals surface area (Å²) in [5.41, 5.74) is 3.24. The van der Waals surface area contributed by atoms with E-state index in [0.717, 1.165) is 17.7 Å². The van der Waals surface area contributed by atoms with E-state index in [0.29, 0.717) is 5.03 Å². The molecule has 2 aromatic carbocycles. The maximum absolute atomic E-state index is 13.5. The number of anilines is 1. The fourth-order valence-corrected chi connectivity index (χ4v) is 2.96. The molecule has 1 N–H and O–H groups in total. The summed E-state index contributed by atoms with van der Waals surface area (Å²) in [6, 6.07) is 18.0. The van der Waals surface area contributed by atoms with Crippen molar-refractivity contribution in [1.29, 1.82) is 0 Å². The highest BCUT2D eigenvalue weighted by atomic mass is 32.2. The van der Waals surface area contributed by atoms with Gasteiger partial charge in [0.2, 0.25) is 5.91 Å². The number of benzene rings is 2. The summed E-state index contributed by atoms with van der Waals surface area (Å²) in [6.45, 7) is 2.11. The molecule has 0 bridgehead atoms. The highest BCUT2D eigenvalue weighted by Gasteiger charge is 2.08. The number of para-hydroxylation sites is 1. The third-order valence-electron chi connectivity index (χ3n) is 3.80. The zero-order valence-corrected chi connectivity index (χ0v) is 15.1. The van der Waals surface area contributed by atoms with Gasteiger partial charge in [-0.05, 0) is 36.2 Å². The summed E-state index contributed by atoms with van der Waals surface area (Å²) in [7, 11) is 0. The molecule has 0 unspecified atom stereocenters. The zero-order valence-electron chi connectivity index (χ0n) is 14.3. The van der Waals surface area contributed by atoms with Crippen LogP contribution in [0.1, 0.15) is 12.5 Å². The summed E-state index contributed by atoms with van der Waals surface area (Å²) in [6.07, 6.45) is 0.997. The summed E-state index contributed by atoms with van der Waals surface area (Å²) in [5.74, 6) is -0.613. The number of aryl methyl sites for hydroxylation is 1. The molecule has 4 nitrogen and oxygen atoms in total. The van der Waals surface area contributed by atoms with Crippen LogP contribution in [0.2, 0.25) is 0 Å². The highest BCUT2D eigenvalue weighted by Crippen LogP contribution is 2.21. The van der Waals surface area contributed by atoms with Gasteiger partial charge in [0.15, 0.2) is 0 Å². The summed E-state index contributed by atoms with van der Waals surface area (Å²) < 4.78 is 13.5. The molecule has 0 aliphatic rings. The number of halogens is 1. The minimum Gasteiger partial charge on any atom is -0.323 e. The van der Waals surface area contributed by atoms with Crippen LogP contribution in [0.25, 0.3) is 11.3 Å². The molecular formula is C20H18FN3OS. The Kier molecular flexibility index (Phi) is 5.96. The van der Waals surface area contributed by atoms with Crippen molar-refractivity contribution in [3.05, 3.63) is 72.0 Å². The van der Waals surface area contributed by atoms with Gasteiger partial charge < -0.3 is 5.32 Å². The van der Waals surface area contributed by atoms with Crippen molar-refractivity contribution in [1.82, 2.24) is 10.2 Å². The van der Waals surface area contributed by atoms with Crippen LogP contribution in [-0.4, -0.2) is 21.9 Å². The average Bonchev–Trinajstić information content (AvgIpc) is 2.69. The predicted molar refractivity (Wildman–Crippen MR) is 103 cm³/mol. The van der Waals surface area contributed by atoms with Gasteiger partial charge in [-0.25, -0.2) is 4.39 Å². The summed E-state index contributed by atoms with van der Waals surface area (Å²) in [5, 5.41) is 11.6. The standard InChI is InChI=1S/C20H18FN3OS/c1-2-14-7-9-15(10-8-14)17-11-12-20(24-23-17)26-13-19(25)22-18-6-4-3-5-16(18)21/h3-12H,2,13H2,1H3,(H,22,25). The van der Waals surface area contributed by atoms with Crippen LogP contribution in [0.5, 0.6) is 0 Å². The second kappa shape index (κ2) is 8.58. The Morgan fingerprint density at radius 3 is 2.46 bits per heavy atom. The third kappa shape index (κ3) is 4.67. The van der Waals surface area contributed by atoms with Crippen molar-refractivity contribution in [3.63, 3.8) is 0 Å². The van der Waals surface area contributed by atoms with Crippen molar-refractivity contribution in [3.8, 4) is 11.3 Å². The smallest absolute Gasteiger partial charge is 0.234 e. The van der Waals surface area contributed by atoms with Crippen LogP contribution in [0, 0.1) is 5.82 Å². The van der Waals surface area contributed by atoms with Gasteiger partial charge in [0.25, 0.3) is 0 Å². The van der Waals surface area contributed by atoms with Crippen LogP contribution in [-0.2, 0) is 11.2 Å². The van der Waals surface area contributed by atoms with E-state index < -0.39 is 5.82 Å². The van der Waals surface area contributed by atoms with Crippen molar-refractivity contribution in [2.45, 2.75) is 18.4 Å². The van der Waals surface area contributed by atoms with Crippen LogP contribution in [0.15, 0.2) is 65.7 Å². The molecule has 0 aliphatic heterocycles. The molecule has 26 heavy (non-hydrogen) atoms. The number of amides is 1. The van der Waals surface area contributed by atoms with Gasteiger partial charge >= 0.3 is 0 Å². The number of aromatic nitrogens is 2. The third-order valence-corrected chi connectivity index (χ3v) is 4.72. The second-order valence-corrected chi connectivity index (χ2v) is 6.62. The Morgan fingerprint density at radius 2 is 1.81 bits per heavy atom. The number of hydrogen-bond acceptors (Lipinski definition) is 4. The normalized spacial score (nSPS) is 10.5. The van der Waals surface area contributed by atoms with E-state index in [1.54, 1.807) is 12.1 Å². The number of carbonyl (C=O) groups excluding carboxylic acids is 1. The first kappa shape index (κ1) is 18.1. The Balaban J connectivity index is 1.57. The van der Waals surface area contributed by atoms with E-state index in [9.17, 15) is 9.18 Å². The fraction of sp³-hybridized carbons (Fsp3) is 0.150. The Hall–Kier alpha value is -2.73. The molecule has 0 saturated heterocycles. The lowest BCUT2D eigenvalue weighted by atomic mass is 10.1. The van der Waals surface area contributed by atoms with Crippen LogP contribution >= 0.6 is 11.8 Å². The van der Waals surface area contributed by atoms with E-state index in [-0.39, 0.29) is 17.3 Å². The molecule has 132 valence electrons. The average molecular weight is 367 g/mol. The molecule has 0 radical (unpaired) electrons. The lowest BCUT2D eigenvalue weighted by Crippen LogP contribution is -2.15. The quantitative estimate of drug-likeness (QED) is 0.648. The van der Waals surface area contributed by atoms with Crippen molar-refractivity contribution < 1.29 is 9.18 Å². The maximum atomic E-state index is 13.5. The molecule has 6 heteroatoms. The molecule has 1 amide bonds.